The van der Waals surface area contributed by atoms with Crippen molar-refractivity contribution < 1.29 is 4.74 Å². The molecule has 0 aliphatic heterocycles. The third kappa shape index (κ3) is 2.30. The summed E-state index contributed by atoms with van der Waals surface area (Å²) in [5.74, 6) is 2.31. The first-order valence-corrected chi connectivity index (χ1v) is 5.42. The van der Waals surface area contributed by atoms with Crippen molar-refractivity contribution in [2.24, 2.45) is 11.8 Å². The minimum Gasteiger partial charge on any atom is -0.493 e. The highest BCUT2D eigenvalue weighted by Gasteiger charge is 2.26. The van der Waals surface area contributed by atoms with Gasteiger partial charge in [0.15, 0.2) is 0 Å². The standard InChI is InChI=1S/C13H15NO/c1-10-5-6-12(10)9-15-13-4-2-3-11(7-13)8-14/h2-4,7,10,12H,5-6,9H2,1H3/t10-,12-/m0/s1. The second-order valence-corrected chi connectivity index (χ2v) is 4.27. The van der Waals surface area contributed by atoms with Crippen molar-refractivity contribution in [3.05, 3.63) is 29.8 Å². The molecule has 2 heteroatoms. The van der Waals surface area contributed by atoms with Crippen LogP contribution in [0.1, 0.15) is 25.3 Å². The normalized spacial score (nSPS) is 24.0. The van der Waals surface area contributed by atoms with Gasteiger partial charge in [-0.15, -0.1) is 0 Å². The highest BCUT2D eigenvalue weighted by atomic mass is 16.5. The number of nitriles is 1. The Hall–Kier alpha value is -1.49. The van der Waals surface area contributed by atoms with E-state index in [0.29, 0.717) is 11.5 Å². The minimum absolute atomic E-state index is 0.661. The first kappa shape index (κ1) is 10.0. The fourth-order valence-corrected chi connectivity index (χ4v) is 1.84. The quantitative estimate of drug-likeness (QED) is 0.753. The molecule has 2 rings (SSSR count). The fraction of sp³-hybridized carbons (Fsp3) is 0.462. The maximum Gasteiger partial charge on any atom is 0.120 e. The molecule has 1 aliphatic rings. The van der Waals surface area contributed by atoms with E-state index in [1.807, 2.05) is 12.1 Å². The van der Waals surface area contributed by atoms with Crippen molar-refractivity contribution in [1.82, 2.24) is 0 Å². The van der Waals surface area contributed by atoms with Gasteiger partial charge in [-0.3, -0.25) is 0 Å². The summed E-state index contributed by atoms with van der Waals surface area (Å²) in [6.45, 7) is 3.05. The van der Waals surface area contributed by atoms with E-state index in [-0.39, 0.29) is 0 Å². The van der Waals surface area contributed by atoms with Crippen LogP contribution in [0.5, 0.6) is 5.75 Å². The van der Waals surface area contributed by atoms with E-state index in [1.165, 1.54) is 12.8 Å². The first-order chi connectivity index (χ1) is 7.29. The topological polar surface area (TPSA) is 33.0 Å². The summed E-state index contributed by atoms with van der Waals surface area (Å²) in [7, 11) is 0. The van der Waals surface area contributed by atoms with Gasteiger partial charge in [-0.25, -0.2) is 0 Å². The number of hydrogen-bond acceptors (Lipinski definition) is 2. The number of rotatable bonds is 3. The van der Waals surface area contributed by atoms with Crippen LogP contribution in [0.15, 0.2) is 24.3 Å². The lowest BCUT2D eigenvalue weighted by Gasteiger charge is -2.33. The van der Waals surface area contributed by atoms with Crippen LogP contribution in [-0.2, 0) is 0 Å². The maximum atomic E-state index is 8.73. The third-order valence-corrected chi connectivity index (χ3v) is 3.22. The van der Waals surface area contributed by atoms with E-state index in [0.717, 1.165) is 18.3 Å². The summed E-state index contributed by atoms with van der Waals surface area (Å²) in [6.07, 6.45) is 2.60. The van der Waals surface area contributed by atoms with Crippen LogP contribution in [0.3, 0.4) is 0 Å². The average molecular weight is 201 g/mol. The number of nitrogens with zero attached hydrogens (tertiary/aromatic N) is 1. The average Bonchev–Trinajstić information content (AvgIpc) is 2.27. The van der Waals surface area contributed by atoms with E-state index in [1.54, 1.807) is 12.1 Å². The largest absolute Gasteiger partial charge is 0.493 e. The van der Waals surface area contributed by atoms with Crippen LogP contribution in [-0.4, -0.2) is 6.61 Å². The Morgan fingerprint density at radius 3 is 2.93 bits per heavy atom. The monoisotopic (exact) mass is 201 g/mol. The van der Waals surface area contributed by atoms with E-state index in [4.69, 9.17) is 10.00 Å². The molecule has 0 bridgehead atoms. The Morgan fingerprint density at radius 1 is 1.47 bits per heavy atom. The summed E-state index contributed by atoms with van der Waals surface area (Å²) >= 11 is 0. The number of benzene rings is 1. The summed E-state index contributed by atoms with van der Waals surface area (Å²) in [5, 5.41) is 8.73. The van der Waals surface area contributed by atoms with Gasteiger partial charge in [0, 0.05) is 0 Å². The number of hydrogen-bond donors (Lipinski definition) is 0. The van der Waals surface area contributed by atoms with Gasteiger partial charge >= 0.3 is 0 Å². The molecule has 1 fully saturated rings. The third-order valence-electron chi connectivity index (χ3n) is 3.22. The maximum absolute atomic E-state index is 8.73. The molecule has 0 N–H and O–H groups in total. The zero-order valence-electron chi connectivity index (χ0n) is 8.94. The number of ether oxygens (including phenoxy) is 1. The molecule has 0 spiro atoms. The summed E-state index contributed by atoms with van der Waals surface area (Å²) < 4.78 is 5.67. The molecule has 2 atom stereocenters. The van der Waals surface area contributed by atoms with Crippen LogP contribution in [0.2, 0.25) is 0 Å². The molecule has 1 saturated carbocycles. The molecular formula is C13H15NO. The van der Waals surface area contributed by atoms with Crippen LogP contribution in [0, 0.1) is 23.2 Å². The molecule has 2 nitrogen and oxygen atoms in total. The second-order valence-electron chi connectivity index (χ2n) is 4.27. The molecule has 0 heterocycles. The Kier molecular flexibility index (Phi) is 2.91. The Bertz CT molecular complexity index is 380. The summed E-state index contributed by atoms with van der Waals surface area (Å²) in [6, 6.07) is 9.46. The van der Waals surface area contributed by atoms with Crippen molar-refractivity contribution in [3.8, 4) is 11.8 Å². The zero-order valence-corrected chi connectivity index (χ0v) is 8.94. The van der Waals surface area contributed by atoms with Crippen molar-refractivity contribution >= 4 is 0 Å². The molecule has 0 aromatic heterocycles. The molecule has 78 valence electrons. The Labute approximate surface area is 90.5 Å². The van der Waals surface area contributed by atoms with Crippen molar-refractivity contribution in [2.75, 3.05) is 6.61 Å². The lowest BCUT2D eigenvalue weighted by atomic mass is 9.75. The minimum atomic E-state index is 0.661. The van der Waals surface area contributed by atoms with Crippen molar-refractivity contribution in [1.29, 1.82) is 5.26 Å². The first-order valence-electron chi connectivity index (χ1n) is 5.42. The molecule has 15 heavy (non-hydrogen) atoms. The van der Waals surface area contributed by atoms with Gasteiger partial charge in [0.1, 0.15) is 5.75 Å². The Morgan fingerprint density at radius 2 is 2.33 bits per heavy atom. The van der Waals surface area contributed by atoms with Gasteiger partial charge in [0.05, 0.1) is 18.2 Å². The summed E-state index contributed by atoms with van der Waals surface area (Å²) in [5.41, 5.74) is 0.661. The zero-order chi connectivity index (χ0) is 10.7. The summed E-state index contributed by atoms with van der Waals surface area (Å²) in [4.78, 5) is 0. The van der Waals surface area contributed by atoms with Gasteiger partial charge in [0.25, 0.3) is 0 Å². The van der Waals surface area contributed by atoms with Gasteiger partial charge in [0.2, 0.25) is 0 Å². The molecule has 0 amide bonds. The molecule has 0 saturated heterocycles. The predicted octanol–water partition coefficient (Wildman–Crippen LogP) is 2.98. The van der Waals surface area contributed by atoms with Gasteiger partial charge < -0.3 is 4.74 Å². The van der Waals surface area contributed by atoms with Gasteiger partial charge in [-0.05, 0) is 42.9 Å². The molecule has 0 radical (unpaired) electrons. The lowest BCUT2D eigenvalue weighted by molar-refractivity contribution is 0.116. The smallest absolute Gasteiger partial charge is 0.120 e. The second kappa shape index (κ2) is 4.35. The van der Waals surface area contributed by atoms with Crippen LogP contribution >= 0.6 is 0 Å². The molecule has 0 unspecified atom stereocenters. The Balaban J connectivity index is 1.90. The van der Waals surface area contributed by atoms with Crippen molar-refractivity contribution in [2.45, 2.75) is 19.8 Å². The van der Waals surface area contributed by atoms with Gasteiger partial charge in [-0.1, -0.05) is 13.0 Å². The SMILES string of the molecule is C[C@H]1CC[C@H]1COc1cccc(C#N)c1. The lowest BCUT2D eigenvalue weighted by Crippen LogP contribution is -2.28. The van der Waals surface area contributed by atoms with E-state index < -0.39 is 0 Å². The highest BCUT2D eigenvalue weighted by Crippen LogP contribution is 2.33. The molecular weight excluding hydrogens is 186 g/mol. The predicted molar refractivity (Wildman–Crippen MR) is 58.5 cm³/mol. The van der Waals surface area contributed by atoms with Crippen LogP contribution in [0.25, 0.3) is 0 Å². The highest BCUT2D eigenvalue weighted by molar-refractivity contribution is 5.36. The van der Waals surface area contributed by atoms with Crippen molar-refractivity contribution in [3.63, 3.8) is 0 Å². The van der Waals surface area contributed by atoms with E-state index in [9.17, 15) is 0 Å². The van der Waals surface area contributed by atoms with Crippen LogP contribution < -0.4 is 4.74 Å². The molecule has 1 aromatic carbocycles. The van der Waals surface area contributed by atoms with Gasteiger partial charge in [-0.2, -0.15) is 5.26 Å². The van der Waals surface area contributed by atoms with E-state index in [2.05, 4.69) is 13.0 Å². The van der Waals surface area contributed by atoms with Crippen LogP contribution in [0.4, 0.5) is 0 Å². The molecule has 1 aliphatic carbocycles. The molecule has 1 aromatic rings. The van der Waals surface area contributed by atoms with E-state index >= 15 is 0 Å². The fourth-order valence-electron chi connectivity index (χ4n) is 1.84.